The molecule has 0 aromatic heterocycles. The molecule has 0 aromatic carbocycles. The van der Waals surface area contributed by atoms with Gasteiger partial charge in [-0.3, -0.25) is 4.79 Å². The summed E-state index contributed by atoms with van der Waals surface area (Å²) in [5.74, 6) is 0.559. The van der Waals surface area contributed by atoms with Gasteiger partial charge in [-0.05, 0) is 25.4 Å². The monoisotopic (exact) mass is 186 g/mol. The second-order valence-electron chi connectivity index (χ2n) is 3.58. The largest absolute Gasteiger partial charge is 0.394 e. The van der Waals surface area contributed by atoms with Crippen LogP contribution in [0.25, 0.3) is 0 Å². The molecule has 1 saturated heterocycles. The molecule has 4 heteroatoms. The molecule has 1 amide bonds. The number of aliphatic hydroxyl groups is 1. The first-order chi connectivity index (χ1) is 6.26. The van der Waals surface area contributed by atoms with Crippen LogP contribution in [0.3, 0.4) is 0 Å². The van der Waals surface area contributed by atoms with Crippen LogP contribution in [0.1, 0.15) is 19.8 Å². The molecule has 1 heterocycles. The van der Waals surface area contributed by atoms with Crippen LogP contribution in [-0.4, -0.2) is 36.8 Å². The fourth-order valence-corrected chi connectivity index (χ4v) is 1.32. The zero-order valence-corrected chi connectivity index (χ0v) is 8.05. The predicted octanol–water partition coefficient (Wildman–Crippen LogP) is -0.517. The Morgan fingerprint density at radius 2 is 2.38 bits per heavy atom. The van der Waals surface area contributed by atoms with Crippen molar-refractivity contribution < 1.29 is 9.90 Å². The Morgan fingerprint density at radius 1 is 1.69 bits per heavy atom. The van der Waals surface area contributed by atoms with Gasteiger partial charge in [-0.25, -0.2) is 0 Å². The van der Waals surface area contributed by atoms with Gasteiger partial charge >= 0.3 is 0 Å². The van der Waals surface area contributed by atoms with Crippen LogP contribution in [0.15, 0.2) is 0 Å². The summed E-state index contributed by atoms with van der Waals surface area (Å²) < 4.78 is 0. The van der Waals surface area contributed by atoms with Crippen molar-refractivity contribution in [1.82, 2.24) is 10.6 Å². The maximum atomic E-state index is 11.3. The van der Waals surface area contributed by atoms with Crippen molar-refractivity contribution in [3.05, 3.63) is 0 Å². The van der Waals surface area contributed by atoms with Gasteiger partial charge in [0.1, 0.15) is 0 Å². The standard InChI is InChI=1S/C9H18N2O2/c1-2-8(6-12)11-9(13)3-7-4-10-5-7/h7-8,10,12H,2-6H2,1H3,(H,11,13). The van der Waals surface area contributed by atoms with Crippen molar-refractivity contribution in [2.24, 2.45) is 5.92 Å². The van der Waals surface area contributed by atoms with E-state index in [9.17, 15) is 4.79 Å². The summed E-state index contributed by atoms with van der Waals surface area (Å²) in [7, 11) is 0. The van der Waals surface area contributed by atoms with Gasteiger partial charge in [0.05, 0.1) is 12.6 Å². The molecule has 0 aliphatic carbocycles. The maximum Gasteiger partial charge on any atom is 0.220 e. The van der Waals surface area contributed by atoms with Crippen LogP contribution in [0, 0.1) is 5.92 Å². The molecule has 1 unspecified atom stereocenters. The Kier molecular flexibility index (Phi) is 4.18. The third-order valence-electron chi connectivity index (χ3n) is 2.42. The normalized spacial score (nSPS) is 19.2. The molecule has 0 saturated carbocycles. The quantitative estimate of drug-likeness (QED) is 0.541. The summed E-state index contributed by atoms with van der Waals surface area (Å²) in [6.45, 7) is 3.88. The van der Waals surface area contributed by atoms with Gasteiger partial charge in [-0.1, -0.05) is 6.92 Å². The van der Waals surface area contributed by atoms with Crippen molar-refractivity contribution >= 4 is 5.91 Å². The van der Waals surface area contributed by atoms with Crippen LogP contribution in [0.2, 0.25) is 0 Å². The molecule has 0 spiro atoms. The van der Waals surface area contributed by atoms with Gasteiger partial charge < -0.3 is 15.7 Å². The highest BCUT2D eigenvalue weighted by atomic mass is 16.3. The van der Waals surface area contributed by atoms with E-state index >= 15 is 0 Å². The molecule has 13 heavy (non-hydrogen) atoms. The van der Waals surface area contributed by atoms with E-state index in [-0.39, 0.29) is 18.6 Å². The molecular weight excluding hydrogens is 168 g/mol. The molecular formula is C9H18N2O2. The predicted molar refractivity (Wildman–Crippen MR) is 50.3 cm³/mol. The van der Waals surface area contributed by atoms with Crippen LogP contribution < -0.4 is 10.6 Å². The number of hydrogen-bond donors (Lipinski definition) is 3. The van der Waals surface area contributed by atoms with Crippen molar-refractivity contribution in [2.45, 2.75) is 25.8 Å². The highest BCUT2D eigenvalue weighted by molar-refractivity contribution is 5.76. The van der Waals surface area contributed by atoms with E-state index in [4.69, 9.17) is 5.11 Å². The zero-order chi connectivity index (χ0) is 9.68. The Hall–Kier alpha value is -0.610. The molecule has 0 aromatic rings. The summed E-state index contributed by atoms with van der Waals surface area (Å²) in [4.78, 5) is 11.3. The van der Waals surface area contributed by atoms with E-state index in [1.165, 1.54) is 0 Å². The van der Waals surface area contributed by atoms with Crippen LogP contribution >= 0.6 is 0 Å². The first-order valence-corrected chi connectivity index (χ1v) is 4.87. The lowest BCUT2D eigenvalue weighted by molar-refractivity contribution is -0.123. The second kappa shape index (κ2) is 5.19. The van der Waals surface area contributed by atoms with Crippen molar-refractivity contribution in [1.29, 1.82) is 0 Å². The van der Waals surface area contributed by atoms with Gasteiger partial charge in [0, 0.05) is 6.42 Å². The lowest BCUT2D eigenvalue weighted by Gasteiger charge is -2.27. The zero-order valence-electron chi connectivity index (χ0n) is 8.05. The highest BCUT2D eigenvalue weighted by Crippen LogP contribution is 2.07. The van der Waals surface area contributed by atoms with E-state index in [1.54, 1.807) is 0 Å². The van der Waals surface area contributed by atoms with E-state index in [0.29, 0.717) is 12.3 Å². The minimum Gasteiger partial charge on any atom is -0.394 e. The van der Waals surface area contributed by atoms with Crippen LogP contribution in [0.4, 0.5) is 0 Å². The second-order valence-corrected chi connectivity index (χ2v) is 3.58. The number of rotatable bonds is 5. The first kappa shape index (κ1) is 10.5. The maximum absolute atomic E-state index is 11.3. The van der Waals surface area contributed by atoms with Gasteiger partial charge in [0.2, 0.25) is 5.91 Å². The molecule has 3 N–H and O–H groups in total. The number of amides is 1. The Labute approximate surface area is 78.7 Å². The molecule has 1 rings (SSSR count). The molecule has 1 atom stereocenters. The van der Waals surface area contributed by atoms with E-state index < -0.39 is 0 Å². The molecule has 1 aliphatic rings. The fraction of sp³-hybridized carbons (Fsp3) is 0.889. The average Bonchev–Trinajstić information content (AvgIpc) is 2.07. The number of nitrogens with one attached hydrogen (secondary N) is 2. The minimum atomic E-state index is -0.0689. The number of carbonyl (C=O) groups excluding carboxylic acids is 1. The highest BCUT2D eigenvalue weighted by Gasteiger charge is 2.20. The van der Waals surface area contributed by atoms with E-state index in [1.807, 2.05) is 6.92 Å². The third-order valence-corrected chi connectivity index (χ3v) is 2.42. The molecule has 4 nitrogen and oxygen atoms in total. The molecule has 1 aliphatic heterocycles. The summed E-state index contributed by atoms with van der Waals surface area (Å²) in [5.41, 5.74) is 0. The summed E-state index contributed by atoms with van der Waals surface area (Å²) in [6.07, 6.45) is 1.37. The molecule has 76 valence electrons. The summed E-state index contributed by atoms with van der Waals surface area (Å²) >= 11 is 0. The SMILES string of the molecule is CCC(CO)NC(=O)CC1CNC1. The van der Waals surface area contributed by atoms with Gasteiger partial charge in [0.25, 0.3) is 0 Å². The molecule has 1 fully saturated rings. The van der Waals surface area contributed by atoms with Crippen molar-refractivity contribution in [3.63, 3.8) is 0 Å². The Morgan fingerprint density at radius 3 is 2.77 bits per heavy atom. The number of carbonyl (C=O) groups is 1. The number of hydrogen-bond acceptors (Lipinski definition) is 3. The molecule has 0 bridgehead atoms. The van der Waals surface area contributed by atoms with Crippen molar-refractivity contribution in [2.75, 3.05) is 19.7 Å². The third kappa shape index (κ3) is 3.32. The van der Waals surface area contributed by atoms with Crippen molar-refractivity contribution in [3.8, 4) is 0 Å². The Bertz CT molecular complexity index is 165. The van der Waals surface area contributed by atoms with Crippen LogP contribution in [0.5, 0.6) is 0 Å². The summed E-state index contributed by atoms with van der Waals surface area (Å²) in [6, 6.07) is -0.0689. The first-order valence-electron chi connectivity index (χ1n) is 4.87. The fourth-order valence-electron chi connectivity index (χ4n) is 1.32. The topological polar surface area (TPSA) is 61.4 Å². The molecule has 0 radical (unpaired) electrons. The van der Waals surface area contributed by atoms with E-state index in [2.05, 4.69) is 10.6 Å². The van der Waals surface area contributed by atoms with Gasteiger partial charge in [-0.2, -0.15) is 0 Å². The lowest BCUT2D eigenvalue weighted by Crippen LogP contribution is -2.46. The smallest absolute Gasteiger partial charge is 0.220 e. The summed E-state index contributed by atoms with van der Waals surface area (Å²) in [5, 5.41) is 14.8. The minimum absolute atomic E-state index is 0.0329. The Balaban J connectivity index is 2.14. The number of aliphatic hydroxyl groups excluding tert-OH is 1. The lowest BCUT2D eigenvalue weighted by atomic mass is 9.99. The average molecular weight is 186 g/mol. The van der Waals surface area contributed by atoms with Crippen LogP contribution in [-0.2, 0) is 4.79 Å². The van der Waals surface area contributed by atoms with Gasteiger partial charge in [-0.15, -0.1) is 0 Å². The van der Waals surface area contributed by atoms with E-state index in [0.717, 1.165) is 19.5 Å². The van der Waals surface area contributed by atoms with Gasteiger partial charge in [0.15, 0.2) is 0 Å².